The number of thioether (sulfide) groups is 1. The van der Waals surface area contributed by atoms with Gasteiger partial charge in [0.05, 0.1) is 11.6 Å². The van der Waals surface area contributed by atoms with E-state index in [1.165, 1.54) is 21.9 Å². The lowest BCUT2D eigenvalue weighted by atomic mass is 9.94. The molecule has 1 fully saturated rings. The first-order valence-corrected chi connectivity index (χ1v) is 11.3. The van der Waals surface area contributed by atoms with Crippen molar-refractivity contribution >= 4 is 28.5 Å². The van der Waals surface area contributed by atoms with Crippen molar-refractivity contribution in [2.75, 3.05) is 12.4 Å². The number of ether oxygens (including phenoxy) is 1. The number of aromatic nitrogens is 1. The van der Waals surface area contributed by atoms with Crippen LogP contribution < -0.4 is 10.3 Å². The topological polar surface area (TPSA) is 68.5 Å². The van der Waals surface area contributed by atoms with Crippen LogP contribution in [-0.2, 0) is 11.2 Å². The van der Waals surface area contributed by atoms with Crippen LogP contribution in [0.25, 0.3) is 10.8 Å². The summed E-state index contributed by atoms with van der Waals surface area (Å²) < 4.78 is 7.30. The quantitative estimate of drug-likeness (QED) is 0.630. The Morgan fingerprint density at radius 3 is 2.63 bits per heavy atom. The molecule has 1 atom stereocenters. The maximum atomic E-state index is 12.9. The fourth-order valence-corrected chi connectivity index (χ4v) is 5.87. The lowest BCUT2D eigenvalue weighted by Gasteiger charge is -2.17. The zero-order valence-electron chi connectivity index (χ0n) is 16.8. The normalized spacial score (nSPS) is 17.8. The van der Waals surface area contributed by atoms with E-state index in [9.17, 15) is 14.7 Å². The summed E-state index contributed by atoms with van der Waals surface area (Å²) in [5.74, 6) is 0.777. The Labute approximate surface area is 178 Å². The molecule has 0 bridgehead atoms. The molecule has 0 radical (unpaired) electrons. The Morgan fingerprint density at radius 1 is 1.17 bits per heavy atom. The van der Waals surface area contributed by atoms with Crippen molar-refractivity contribution in [1.82, 2.24) is 4.57 Å². The first-order valence-electron chi connectivity index (χ1n) is 10.4. The van der Waals surface area contributed by atoms with Crippen LogP contribution in [0.1, 0.15) is 48.4 Å². The lowest BCUT2D eigenvalue weighted by Crippen LogP contribution is -2.29. The van der Waals surface area contributed by atoms with Crippen molar-refractivity contribution in [3.63, 3.8) is 0 Å². The Bertz CT molecular complexity index is 1210. The van der Waals surface area contributed by atoms with E-state index in [1.807, 2.05) is 25.1 Å². The highest BCUT2D eigenvalue weighted by Crippen LogP contribution is 2.48. The number of nitrogens with zero attached hydrogens (tertiary/aromatic N) is 1. The molecule has 2 aliphatic rings. The Kier molecular flexibility index (Phi) is 4.82. The number of aliphatic carboxylic acids is 1. The summed E-state index contributed by atoms with van der Waals surface area (Å²) >= 11 is 1.51. The lowest BCUT2D eigenvalue weighted by molar-refractivity contribution is -0.140. The Balaban J connectivity index is 1.63. The molecule has 2 aromatic carbocycles. The van der Waals surface area contributed by atoms with Crippen molar-refractivity contribution in [3.05, 3.63) is 69.5 Å². The van der Waals surface area contributed by atoms with Gasteiger partial charge in [-0.1, -0.05) is 30.3 Å². The standard InChI is InChI=1S/C24H23NO4S/c1-2-29-20-10-9-15(17-5-3-4-6-18(17)20)11-16-12-21(26)25-19(24(27)28)13-30-23(25)22(16)14-7-8-14/h3-6,9-10,12,14,19H,2,7-8,11,13H2,1H3,(H,27,28)/t19-/m0/s1. The smallest absolute Gasteiger partial charge is 0.327 e. The molecule has 0 spiro atoms. The molecule has 1 saturated carbocycles. The van der Waals surface area contributed by atoms with Gasteiger partial charge in [-0.3, -0.25) is 9.36 Å². The van der Waals surface area contributed by atoms with Crippen LogP contribution in [-0.4, -0.2) is 28.0 Å². The summed E-state index contributed by atoms with van der Waals surface area (Å²) in [5.41, 5.74) is 3.15. The molecule has 5 rings (SSSR count). The molecular formula is C24H23NO4S. The second-order valence-corrected chi connectivity index (χ2v) is 8.92. The van der Waals surface area contributed by atoms with Crippen LogP contribution in [0, 0.1) is 0 Å². The number of carboxylic acids is 1. The van der Waals surface area contributed by atoms with Gasteiger partial charge in [0.1, 0.15) is 11.8 Å². The number of hydrogen-bond donors (Lipinski definition) is 1. The van der Waals surface area contributed by atoms with Gasteiger partial charge < -0.3 is 9.84 Å². The van der Waals surface area contributed by atoms with Gasteiger partial charge in [0, 0.05) is 17.2 Å². The zero-order chi connectivity index (χ0) is 20.8. The van der Waals surface area contributed by atoms with Crippen LogP contribution in [0.15, 0.2) is 52.3 Å². The molecule has 5 nitrogen and oxygen atoms in total. The minimum absolute atomic E-state index is 0.211. The minimum atomic E-state index is -0.935. The summed E-state index contributed by atoms with van der Waals surface area (Å²) in [6, 6.07) is 13.2. The zero-order valence-corrected chi connectivity index (χ0v) is 17.6. The Hall–Kier alpha value is -2.73. The molecule has 0 amide bonds. The molecule has 154 valence electrons. The van der Waals surface area contributed by atoms with Crippen LogP contribution >= 0.6 is 11.8 Å². The van der Waals surface area contributed by atoms with Crippen LogP contribution in [0.3, 0.4) is 0 Å². The number of benzene rings is 2. The van der Waals surface area contributed by atoms with Gasteiger partial charge in [-0.25, -0.2) is 4.79 Å². The average Bonchev–Trinajstić information content (AvgIpc) is 3.46. The monoisotopic (exact) mass is 421 g/mol. The van der Waals surface area contributed by atoms with Gasteiger partial charge >= 0.3 is 5.97 Å². The molecule has 6 heteroatoms. The first-order chi connectivity index (χ1) is 14.6. The summed E-state index contributed by atoms with van der Waals surface area (Å²) in [5, 5.41) is 12.6. The molecule has 1 N–H and O–H groups in total. The molecule has 1 aromatic heterocycles. The van der Waals surface area contributed by atoms with E-state index in [4.69, 9.17) is 4.74 Å². The number of hydrogen-bond acceptors (Lipinski definition) is 4. The Morgan fingerprint density at radius 2 is 1.93 bits per heavy atom. The van der Waals surface area contributed by atoms with Crippen LogP contribution in [0.2, 0.25) is 0 Å². The van der Waals surface area contributed by atoms with E-state index in [1.54, 1.807) is 6.07 Å². The van der Waals surface area contributed by atoms with Gasteiger partial charge in [0.2, 0.25) is 0 Å². The predicted octanol–water partition coefficient (Wildman–Crippen LogP) is 4.60. The largest absolute Gasteiger partial charge is 0.493 e. The highest BCUT2D eigenvalue weighted by molar-refractivity contribution is 7.99. The SMILES string of the molecule is CCOc1ccc(Cc2cc(=O)n3c(c2C2CC2)SC[C@H]3C(=O)O)c2ccccc12. The summed E-state index contributed by atoms with van der Waals surface area (Å²) in [4.78, 5) is 24.5. The molecule has 3 aromatic rings. The van der Waals surface area contributed by atoms with Crippen molar-refractivity contribution in [2.45, 2.75) is 43.2 Å². The van der Waals surface area contributed by atoms with Crippen molar-refractivity contribution < 1.29 is 14.6 Å². The van der Waals surface area contributed by atoms with Crippen molar-refractivity contribution in [2.24, 2.45) is 0 Å². The van der Waals surface area contributed by atoms with Gasteiger partial charge in [-0.2, -0.15) is 0 Å². The third kappa shape index (κ3) is 3.19. The number of fused-ring (bicyclic) bond motifs is 2. The van der Waals surface area contributed by atoms with E-state index in [0.29, 0.717) is 24.7 Å². The second kappa shape index (κ2) is 7.51. The molecule has 2 heterocycles. The molecule has 1 aliphatic heterocycles. The minimum Gasteiger partial charge on any atom is -0.493 e. The third-order valence-corrected chi connectivity index (χ3v) is 7.12. The maximum Gasteiger partial charge on any atom is 0.327 e. The summed E-state index contributed by atoms with van der Waals surface area (Å²) in [6.07, 6.45) is 2.85. The fourth-order valence-electron chi connectivity index (χ4n) is 4.45. The number of pyridine rings is 1. The van der Waals surface area contributed by atoms with Gasteiger partial charge in [0.15, 0.2) is 0 Å². The number of rotatable bonds is 6. The third-order valence-electron chi connectivity index (χ3n) is 5.95. The summed E-state index contributed by atoms with van der Waals surface area (Å²) in [7, 11) is 0. The van der Waals surface area contributed by atoms with Crippen LogP contribution in [0.5, 0.6) is 5.75 Å². The van der Waals surface area contributed by atoms with E-state index in [-0.39, 0.29) is 5.56 Å². The van der Waals surface area contributed by atoms with Crippen LogP contribution in [0.4, 0.5) is 0 Å². The van der Waals surface area contributed by atoms with E-state index >= 15 is 0 Å². The highest BCUT2D eigenvalue weighted by atomic mass is 32.2. The number of carboxylic acid groups (broad SMARTS) is 1. The van der Waals surface area contributed by atoms with E-state index in [2.05, 4.69) is 18.2 Å². The van der Waals surface area contributed by atoms with E-state index < -0.39 is 12.0 Å². The van der Waals surface area contributed by atoms with Gasteiger partial charge in [-0.15, -0.1) is 11.8 Å². The van der Waals surface area contributed by atoms with Crippen molar-refractivity contribution in [3.8, 4) is 5.75 Å². The molecule has 0 saturated heterocycles. The maximum absolute atomic E-state index is 12.9. The molecule has 30 heavy (non-hydrogen) atoms. The molecule has 0 unspecified atom stereocenters. The molecule has 1 aliphatic carbocycles. The highest BCUT2D eigenvalue weighted by Gasteiger charge is 2.37. The fraction of sp³-hybridized carbons (Fsp3) is 0.333. The predicted molar refractivity (Wildman–Crippen MR) is 118 cm³/mol. The average molecular weight is 422 g/mol. The van der Waals surface area contributed by atoms with Crippen molar-refractivity contribution in [1.29, 1.82) is 0 Å². The number of carbonyl (C=O) groups is 1. The van der Waals surface area contributed by atoms with Gasteiger partial charge in [0.25, 0.3) is 5.56 Å². The van der Waals surface area contributed by atoms with Gasteiger partial charge in [-0.05, 0) is 60.2 Å². The van der Waals surface area contributed by atoms with E-state index in [0.717, 1.165) is 45.5 Å². The molecular weight excluding hydrogens is 398 g/mol. The second-order valence-electron chi connectivity index (χ2n) is 7.91. The summed E-state index contributed by atoms with van der Waals surface area (Å²) in [6.45, 7) is 2.59. The first kappa shape index (κ1) is 19.2.